The molecule has 29 heavy (non-hydrogen) atoms. The topological polar surface area (TPSA) is 94.5 Å². The molecule has 3 atom stereocenters. The van der Waals surface area contributed by atoms with Gasteiger partial charge in [0.25, 0.3) is 0 Å². The first-order valence-electron chi connectivity index (χ1n) is 9.37. The lowest BCUT2D eigenvalue weighted by molar-refractivity contribution is 0.0554. The molecular formula is C22H20O7. The lowest BCUT2D eigenvalue weighted by Crippen LogP contribution is -2.43. The third-order valence-electron chi connectivity index (χ3n) is 5.77. The monoisotopic (exact) mass is 396 g/mol. The van der Waals surface area contributed by atoms with Crippen LogP contribution in [0.2, 0.25) is 0 Å². The highest BCUT2D eigenvalue weighted by Gasteiger charge is 2.45. The van der Waals surface area contributed by atoms with E-state index in [1.54, 1.807) is 18.2 Å². The molecule has 0 aliphatic carbocycles. The third kappa shape index (κ3) is 2.57. The number of methoxy groups -OCH3 is 1. The molecule has 0 aromatic heterocycles. The van der Waals surface area contributed by atoms with Crippen molar-refractivity contribution in [3.05, 3.63) is 53.1 Å². The van der Waals surface area contributed by atoms with Crippen LogP contribution in [-0.2, 0) is 6.42 Å². The van der Waals surface area contributed by atoms with E-state index in [1.165, 1.54) is 13.2 Å². The molecule has 5 rings (SSSR count). The molecule has 0 saturated heterocycles. The van der Waals surface area contributed by atoms with Gasteiger partial charge in [0.2, 0.25) is 0 Å². The quantitative estimate of drug-likeness (QED) is 0.769. The van der Waals surface area contributed by atoms with Crippen molar-refractivity contribution in [1.82, 2.24) is 0 Å². The molecule has 2 aromatic carbocycles. The molecule has 0 amide bonds. The molecule has 150 valence electrons. The van der Waals surface area contributed by atoms with Crippen LogP contribution >= 0.6 is 0 Å². The molecule has 0 unspecified atom stereocenters. The van der Waals surface area contributed by atoms with Crippen LogP contribution in [0.5, 0.6) is 28.7 Å². The Balaban J connectivity index is 1.56. The van der Waals surface area contributed by atoms with Gasteiger partial charge in [0.05, 0.1) is 25.2 Å². The maximum absolute atomic E-state index is 13.4. The first kappa shape index (κ1) is 17.9. The lowest BCUT2D eigenvalue weighted by atomic mass is 9.81. The van der Waals surface area contributed by atoms with Crippen LogP contribution in [0.15, 0.2) is 36.4 Å². The molecule has 0 radical (unpaired) electrons. The molecule has 3 aliphatic heterocycles. The van der Waals surface area contributed by atoms with Crippen molar-refractivity contribution in [3.63, 3.8) is 0 Å². The molecule has 2 N–H and O–H groups in total. The minimum atomic E-state index is -0.552. The number of hydrogen-bond acceptors (Lipinski definition) is 7. The van der Waals surface area contributed by atoms with Crippen LogP contribution in [0.25, 0.3) is 0 Å². The van der Waals surface area contributed by atoms with E-state index in [-0.39, 0.29) is 36.6 Å². The van der Waals surface area contributed by atoms with Crippen LogP contribution in [-0.4, -0.2) is 48.5 Å². The first-order valence-corrected chi connectivity index (χ1v) is 9.37. The summed E-state index contributed by atoms with van der Waals surface area (Å²) in [7, 11) is 1.46. The van der Waals surface area contributed by atoms with Gasteiger partial charge < -0.3 is 29.2 Å². The van der Waals surface area contributed by atoms with E-state index in [4.69, 9.17) is 18.9 Å². The number of phenolic OH excluding ortho intramolecular Hbond substituents is 1. The van der Waals surface area contributed by atoms with Crippen molar-refractivity contribution in [1.29, 1.82) is 0 Å². The third-order valence-corrected chi connectivity index (χ3v) is 5.77. The number of aliphatic hydroxyl groups is 1. The van der Waals surface area contributed by atoms with Crippen LogP contribution in [0.4, 0.5) is 0 Å². The van der Waals surface area contributed by atoms with Crippen molar-refractivity contribution in [2.75, 3.05) is 20.3 Å². The highest BCUT2D eigenvalue weighted by molar-refractivity contribution is 6.06. The van der Waals surface area contributed by atoms with Crippen molar-refractivity contribution >= 4 is 5.78 Å². The summed E-state index contributed by atoms with van der Waals surface area (Å²) in [6.07, 6.45) is -0.348. The normalized spacial score (nSPS) is 23.5. The summed E-state index contributed by atoms with van der Waals surface area (Å²) < 4.78 is 23.1. The minimum Gasteiger partial charge on any atom is -0.504 e. The number of hydrogen-bond donors (Lipinski definition) is 2. The van der Waals surface area contributed by atoms with Gasteiger partial charge in [0.15, 0.2) is 17.3 Å². The average Bonchev–Trinajstić information content (AvgIpc) is 3.17. The number of phenols is 1. The number of carbonyl (C=O) groups excluding carboxylic acids is 1. The van der Waals surface area contributed by atoms with E-state index < -0.39 is 12.0 Å². The summed E-state index contributed by atoms with van der Waals surface area (Å²) in [5.74, 6) is 1.22. The zero-order chi connectivity index (χ0) is 20.3. The Morgan fingerprint density at radius 2 is 2.10 bits per heavy atom. The van der Waals surface area contributed by atoms with Crippen molar-refractivity contribution in [3.8, 4) is 28.7 Å². The van der Waals surface area contributed by atoms with Crippen molar-refractivity contribution in [2.45, 2.75) is 24.5 Å². The number of rotatable bonds is 3. The zero-order valence-electron chi connectivity index (χ0n) is 15.8. The summed E-state index contributed by atoms with van der Waals surface area (Å²) >= 11 is 0. The van der Waals surface area contributed by atoms with E-state index in [9.17, 15) is 15.0 Å². The number of ketones is 1. The smallest absolute Gasteiger partial charge is 0.178 e. The van der Waals surface area contributed by atoms with Gasteiger partial charge >= 0.3 is 0 Å². The molecule has 3 heterocycles. The number of aromatic hydroxyl groups is 1. The Labute approximate surface area is 167 Å². The zero-order valence-corrected chi connectivity index (χ0v) is 15.8. The fourth-order valence-electron chi connectivity index (χ4n) is 4.25. The summed E-state index contributed by atoms with van der Waals surface area (Å²) in [6, 6.07) is 6.57. The van der Waals surface area contributed by atoms with Gasteiger partial charge in [0, 0.05) is 23.6 Å². The maximum atomic E-state index is 13.4. The van der Waals surface area contributed by atoms with Crippen LogP contribution in [0.1, 0.15) is 27.4 Å². The Bertz CT molecular complexity index is 1040. The molecule has 2 aromatic rings. The average molecular weight is 396 g/mol. The molecule has 7 nitrogen and oxygen atoms in total. The van der Waals surface area contributed by atoms with Crippen LogP contribution in [0.3, 0.4) is 0 Å². The lowest BCUT2D eigenvalue weighted by Gasteiger charge is -2.37. The van der Waals surface area contributed by atoms with E-state index >= 15 is 0 Å². The molecule has 0 spiro atoms. The Morgan fingerprint density at radius 1 is 1.28 bits per heavy atom. The fraction of sp³-hybridized carbons (Fsp3) is 0.318. The molecule has 3 aliphatic rings. The van der Waals surface area contributed by atoms with Crippen molar-refractivity contribution < 1.29 is 34.0 Å². The molecular weight excluding hydrogens is 376 g/mol. The number of Topliss-reactive ketones (excluding diaryl/α,β-unsaturated/α-hetero) is 1. The van der Waals surface area contributed by atoms with E-state index in [0.717, 1.165) is 5.56 Å². The Hall–Kier alpha value is -3.19. The van der Waals surface area contributed by atoms with E-state index in [0.29, 0.717) is 40.4 Å². The summed E-state index contributed by atoms with van der Waals surface area (Å²) in [5.41, 5.74) is 2.51. The van der Waals surface area contributed by atoms with Gasteiger partial charge in [-0.05, 0) is 23.8 Å². The van der Waals surface area contributed by atoms with Crippen LogP contribution in [0, 0.1) is 0 Å². The fourth-order valence-corrected chi connectivity index (χ4v) is 4.25. The molecule has 0 fully saturated rings. The highest BCUT2D eigenvalue weighted by Crippen LogP contribution is 2.49. The Morgan fingerprint density at radius 3 is 2.86 bits per heavy atom. The van der Waals surface area contributed by atoms with Gasteiger partial charge in [-0.25, -0.2) is 0 Å². The Kier molecular flexibility index (Phi) is 3.96. The summed E-state index contributed by atoms with van der Waals surface area (Å²) in [4.78, 5) is 13.4. The second-order valence-corrected chi connectivity index (χ2v) is 7.42. The van der Waals surface area contributed by atoms with Gasteiger partial charge in [-0.1, -0.05) is 6.58 Å². The highest BCUT2D eigenvalue weighted by atomic mass is 16.5. The predicted octanol–water partition coefficient (Wildman–Crippen LogP) is 2.37. The summed E-state index contributed by atoms with van der Waals surface area (Å²) in [5, 5.41) is 19.4. The molecule has 0 saturated carbocycles. The summed E-state index contributed by atoms with van der Waals surface area (Å²) in [6.45, 7) is 3.87. The molecule has 0 bridgehead atoms. The van der Waals surface area contributed by atoms with Gasteiger partial charge in [-0.3, -0.25) is 4.79 Å². The van der Waals surface area contributed by atoms with Gasteiger partial charge in [-0.15, -0.1) is 0 Å². The predicted molar refractivity (Wildman–Crippen MR) is 102 cm³/mol. The SMILES string of the molecule is C=C(CO)[C@@H]1Cc2c(ccc3c2O[C@@H]2COc4cc(O)c(OC)cc4[C@@H]2C3=O)O1. The van der Waals surface area contributed by atoms with Crippen molar-refractivity contribution in [2.24, 2.45) is 0 Å². The van der Waals surface area contributed by atoms with E-state index in [1.807, 2.05) is 0 Å². The molecule has 7 heteroatoms. The minimum absolute atomic E-state index is 0.0422. The number of fused-ring (bicyclic) bond motifs is 6. The van der Waals surface area contributed by atoms with Crippen LogP contribution < -0.4 is 18.9 Å². The maximum Gasteiger partial charge on any atom is 0.178 e. The number of carbonyl (C=O) groups is 1. The standard InChI is InChI=1S/C22H20O7/c1-10(8-23)16-6-13-15(28-16)4-3-11-21(25)20-12-5-18(26-2)14(24)7-17(12)27-9-19(20)29-22(11)13/h3-5,7,16,19-20,23-24H,1,6,8-9H2,2H3/t16-,19+,20-/m0/s1. The number of ether oxygens (including phenoxy) is 4. The largest absolute Gasteiger partial charge is 0.504 e. The first-order chi connectivity index (χ1) is 14.0. The second-order valence-electron chi connectivity index (χ2n) is 7.42. The number of aliphatic hydroxyl groups excluding tert-OH is 1. The number of benzene rings is 2. The van der Waals surface area contributed by atoms with Gasteiger partial charge in [0.1, 0.15) is 36.1 Å². The van der Waals surface area contributed by atoms with E-state index in [2.05, 4.69) is 6.58 Å². The second kappa shape index (κ2) is 6.42. The van der Waals surface area contributed by atoms with Gasteiger partial charge in [-0.2, -0.15) is 0 Å².